The lowest BCUT2D eigenvalue weighted by molar-refractivity contribution is -0.128. The molecule has 8 heteroatoms. The molecule has 1 amide bonds. The lowest BCUT2D eigenvalue weighted by atomic mass is 9.70. The van der Waals surface area contributed by atoms with Crippen LogP contribution in [0.2, 0.25) is 0 Å². The monoisotopic (exact) mass is 477 g/mol. The number of aromatic amines is 1. The number of aryl methyl sites for hydroxylation is 2. The second kappa shape index (κ2) is 10.4. The van der Waals surface area contributed by atoms with Gasteiger partial charge in [0.1, 0.15) is 12.4 Å². The average molecular weight is 478 g/mol. The highest BCUT2D eigenvalue weighted by Crippen LogP contribution is 2.41. The van der Waals surface area contributed by atoms with Crippen molar-refractivity contribution < 1.29 is 14.3 Å². The number of benzene rings is 2. The number of H-pyrrole nitrogens is 1. The van der Waals surface area contributed by atoms with Crippen LogP contribution in [-0.4, -0.2) is 38.9 Å². The molecule has 0 saturated carbocycles. The third-order valence-electron chi connectivity index (χ3n) is 6.72. The van der Waals surface area contributed by atoms with Gasteiger partial charge in [-0.3, -0.25) is 14.9 Å². The minimum Gasteiger partial charge on any atom is -0.486 e. The van der Waals surface area contributed by atoms with Crippen molar-refractivity contribution in [1.29, 1.82) is 0 Å². The van der Waals surface area contributed by atoms with Gasteiger partial charge in [-0.25, -0.2) is 0 Å². The Labute approximate surface area is 206 Å². The molecule has 0 aliphatic carbocycles. The summed E-state index contributed by atoms with van der Waals surface area (Å²) >= 11 is 0. The van der Waals surface area contributed by atoms with Crippen molar-refractivity contribution in [3.05, 3.63) is 64.2 Å². The van der Waals surface area contributed by atoms with Gasteiger partial charge >= 0.3 is 0 Å². The number of Topliss-reactive ketones (excluding diaryl/α,β-unsaturated/α-hetero) is 1. The number of nitrogens with zero attached hydrogens (tertiary/aromatic N) is 3. The van der Waals surface area contributed by atoms with Crippen molar-refractivity contribution in [2.45, 2.75) is 66.7 Å². The number of ether oxygens (including phenoxy) is 1. The van der Waals surface area contributed by atoms with E-state index in [2.05, 4.69) is 58.0 Å². The lowest BCUT2D eigenvalue weighted by Crippen LogP contribution is -2.27. The van der Waals surface area contributed by atoms with Crippen molar-refractivity contribution in [3.8, 4) is 5.75 Å². The fourth-order valence-corrected chi connectivity index (χ4v) is 4.30. The first-order valence-corrected chi connectivity index (χ1v) is 11.9. The van der Waals surface area contributed by atoms with Gasteiger partial charge in [0.2, 0.25) is 0 Å². The van der Waals surface area contributed by atoms with E-state index in [1.807, 2.05) is 52.8 Å². The summed E-state index contributed by atoms with van der Waals surface area (Å²) in [4.78, 5) is 25.0. The molecule has 0 radical (unpaired) electrons. The molecule has 3 aromatic rings. The Morgan fingerprint density at radius 1 is 0.971 bits per heavy atom. The minimum atomic E-state index is -0.431. The zero-order valence-electron chi connectivity index (χ0n) is 21.7. The van der Waals surface area contributed by atoms with E-state index in [9.17, 15) is 9.59 Å². The SMILES string of the molecule is CCC(CC)(c1ccc(OCC(=O)C(C)(C)C)c(C)c1)c1ccc(C(=O)Nc2nn[nH]n2)c(C)c1. The van der Waals surface area contributed by atoms with Crippen LogP contribution in [-0.2, 0) is 10.2 Å². The van der Waals surface area contributed by atoms with Gasteiger partial charge in [-0.1, -0.05) is 64.0 Å². The average Bonchev–Trinajstić information content (AvgIpc) is 3.32. The van der Waals surface area contributed by atoms with Gasteiger partial charge in [0.25, 0.3) is 11.9 Å². The first kappa shape index (κ1) is 26.1. The maximum atomic E-state index is 12.7. The maximum absolute atomic E-state index is 12.7. The van der Waals surface area contributed by atoms with Crippen molar-refractivity contribution in [2.75, 3.05) is 11.9 Å². The van der Waals surface area contributed by atoms with Gasteiger partial charge in [-0.15, -0.1) is 5.10 Å². The summed E-state index contributed by atoms with van der Waals surface area (Å²) < 4.78 is 5.86. The Morgan fingerprint density at radius 3 is 2.11 bits per heavy atom. The first-order chi connectivity index (χ1) is 16.5. The lowest BCUT2D eigenvalue weighted by Gasteiger charge is -2.34. The number of aromatic nitrogens is 4. The normalized spacial score (nSPS) is 11.9. The van der Waals surface area contributed by atoms with Crippen LogP contribution in [0.4, 0.5) is 5.95 Å². The van der Waals surface area contributed by atoms with Crippen molar-refractivity contribution in [3.63, 3.8) is 0 Å². The van der Waals surface area contributed by atoms with Crippen LogP contribution in [0.25, 0.3) is 0 Å². The van der Waals surface area contributed by atoms with E-state index in [0.717, 1.165) is 35.3 Å². The molecule has 0 unspecified atom stereocenters. The van der Waals surface area contributed by atoms with Gasteiger partial charge in [-0.05, 0) is 66.3 Å². The quantitative estimate of drug-likeness (QED) is 0.440. The van der Waals surface area contributed by atoms with Crippen LogP contribution in [0, 0.1) is 19.3 Å². The fraction of sp³-hybridized carbons (Fsp3) is 0.444. The number of nitrogens with one attached hydrogen (secondary N) is 2. The number of carbonyl (C=O) groups is 2. The molecule has 35 heavy (non-hydrogen) atoms. The molecule has 0 bridgehead atoms. The highest BCUT2D eigenvalue weighted by molar-refractivity contribution is 6.04. The van der Waals surface area contributed by atoms with Crippen LogP contribution in [0.15, 0.2) is 36.4 Å². The molecule has 0 atom stereocenters. The molecule has 2 aromatic carbocycles. The number of ketones is 1. The number of amides is 1. The fourth-order valence-electron chi connectivity index (χ4n) is 4.30. The van der Waals surface area contributed by atoms with Crippen molar-refractivity contribution >= 4 is 17.6 Å². The van der Waals surface area contributed by atoms with Crippen LogP contribution < -0.4 is 10.1 Å². The Bertz CT molecular complexity index is 1190. The molecule has 0 aliphatic heterocycles. The van der Waals surface area contributed by atoms with Crippen molar-refractivity contribution in [1.82, 2.24) is 20.6 Å². The predicted octanol–water partition coefficient (Wildman–Crippen LogP) is 5.17. The van der Waals surface area contributed by atoms with Gasteiger partial charge in [0, 0.05) is 16.4 Å². The summed E-state index contributed by atoms with van der Waals surface area (Å²) in [5.74, 6) is 0.640. The van der Waals surface area contributed by atoms with E-state index in [0.29, 0.717) is 5.56 Å². The smallest absolute Gasteiger partial charge is 0.270 e. The first-order valence-electron chi connectivity index (χ1n) is 11.9. The van der Waals surface area contributed by atoms with Gasteiger partial charge < -0.3 is 4.74 Å². The number of hydrogen-bond acceptors (Lipinski definition) is 6. The molecule has 2 N–H and O–H groups in total. The van der Waals surface area contributed by atoms with Gasteiger partial charge in [0.15, 0.2) is 5.78 Å². The molecule has 3 rings (SSSR count). The summed E-state index contributed by atoms with van der Waals surface area (Å²) in [6, 6.07) is 12.1. The molecule has 8 nitrogen and oxygen atoms in total. The third kappa shape index (κ3) is 5.58. The number of carbonyl (C=O) groups excluding carboxylic acids is 2. The Balaban J connectivity index is 1.88. The van der Waals surface area contributed by atoms with E-state index < -0.39 is 5.41 Å². The highest BCUT2D eigenvalue weighted by atomic mass is 16.5. The molecular weight excluding hydrogens is 442 g/mol. The molecule has 0 spiro atoms. The van der Waals surface area contributed by atoms with Crippen LogP contribution in [0.3, 0.4) is 0 Å². The number of hydrogen-bond donors (Lipinski definition) is 2. The van der Waals surface area contributed by atoms with Gasteiger partial charge in [-0.2, -0.15) is 5.21 Å². The van der Waals surface area contributed by atoms with E-state index in [1.165, 1.54) is 5.56 Å². The summed E-state index contributed by atoms with van der Waals surface area (Å²) in [6.45, 7) is 14.0. The zero-order valence-corrected chi connectivity index (χ0v) is 21.7. The predicted molar refractivity (Wildman–Crippen MR) is 136 cm³/mol. The van der Waals surface area contributed by atoms with E-state index in [-0.39, 0.29) is 29.7 Å². The van der Waals surface area contributed by atoms with Crippen LogP contribution >= 0.6 is 0 Å². The highest BCUT2D eigenvalue weighted by Gasteiger charge is 2.32. The Hall–Kier alpha value is -3.55. The Morgan fingerprint density at radius 2 is 1.60 bits per heavy atom. The molecule has 0 aliphatic rings. The topological polar surface area (TPSA) is 110 Å². The second-order valence-electron chi connectivity index (χ2n) is 9.95. The van der Waals surface area contributed by atoms with Crippen LogP contribution in [0.1, 0.15) is 80.1 Å². The second-order valence-corrected chi connectivity index (χ2v) is 9.95. The molecule has 0 fully saturated rings. The van der Waals surface area contributed by atoms with E-state index in [4.69, 9.17) is 4.74 Å². The molecule has 1 aromatic heterocycles. The number of tetrazole rings is 1. The van der Waals surface area contributed by atoms with Gasteiger partial charge in [0.05, 0.1) is 0 Å². The number of rotatable bonds is 9. The standard InChI is InChI=1S/C27H35N5O3/c1-8-27(9-2,20-11-13-22(18(4)15-20)35-16-23(33)26(5,6)7)19-10-12-21(17(3)14-19)24(34)28-25-29-31-32-30-25/h10-15H,8-9,16H2,1-7H3,(H2,28,29,30,31,32,34). The van der Waals surface area contributed by atoms with E-state index >= 15 is 0 Å². The minimum absolute atomic E-state index is 0.0585. The molecular formula is C27H35N5O3. The maximum Gasteiger partial charge on any atom is 0.270 e. The third-order valence-corrected chi connectivity index (χ3v) is 6.72. The molecule has 186 valence electrons. The summed E-state index contributed by atoms with van der Waals surface area (Å²) in [5.41, 5.74) is 4.08. The number of anilines is 1. The van der Waals surface area contributed by atoms with Crippen molar-refractivity contribution in [2.24, 2.45) is 5.41 Å². The summed E-state index contributed by atoms with van der Waals surface area (Å²) in [7, 11) is 0. The van der Waals surface area contributed by atoms with Crippen LogP contribution in [0.5, 0.6) is 5.75 Å². The Kier molecular flexibility index (Phi) is 7.73. The van der Waals surface area contributed by atoms with E-state index in [1.54, 1.807) is 0 Å². The zero-order chi connectivity index (χ0) is 25.8. The summed E-state index contributed by atoms with van der Waals surface area (Å²) in [5, 5.41) is 16.0. The molecule has 1 heterocycles. The molecule has 0 saturated heterocycles. The summed E-state index contributed by atoms with van der Waals surface area (Å²) in [6.07, 6.45) is 1.78. The largest absolute Gasteiger partial charge is 0.486 e.